The summed E-state index contributed by atoms with van der Waals surface area (Å²) >= 11 is 0. The average molecular weight is 692 g/mol. The molecule has 2 amide bonds. The largest absolute Gasteiger partial charge is 0.497 e. The van der Waals surface area contributed by atoms with Gasteiger partial charge in [-0.05, 0) is 53.1 Å². The van der Waals surface area contributed by atoms with Gasteiger partial charge < -0.3 is 28.4 Å². The molecule has 7 rings (SSSR count). The Morgan fingerprint density at radius 3 is 1.61 bits per heavy atom. The quantitative estimate of drug-likeness (QED) is 0.116. The maximum atomic E-state index is 14.2. The van der Waals surface area contributed by atoms with Gasteiger partial charge in [0.25, 0.3) is 0 Å². The van der Waals surface area contributed by atoms with Crippen molar-refractivity contribution >= 4 is 29.4 Å². The molecule has 0 spiro atoms. The van der Waals surface area contributed by atoms with Gasteiger partial charge in [0.1, 0.15) is 35.4 Å². The number of para-hydroxylation sites is 1. The Hall–Kier alpha value is -5.52. The molecule has 2 unspecified atom stereocenters. The molecular weight excluding hydrogens is 654 g/mol. The molecule has 3 fully saturated rings. The minimum atomic E-state index is -1.35. The maximum absolute atomic E-state index is 14.2. The Bertz CT molecular complexity index is 1850. The van der Waals surface area contributed by atoms with E-state index in [4.69, 9.17) is 28.4 Å². The lowest BCUT2D eigenvalue weighted by Gasteiger charge is -2.42. The van der Waals surface area contributed by atoms with Crippen molar-refractivity contribution in [1.82, 2.24) is 0 Å². The lowest BCUT2D eigenvalue weighted by molar-refractivity contribution is -0.172. The first-order valence-electron chi connectivity index (χ1n) is 16.7. The molecule has 0 saturated carbocycles. The topological polar surface area (TPSA) is 127 Å². The monoisotopic (exact) mass is 691 g/mol. The van der Waals surface area contributed by atoms with E-state index in [9.17, 15) is 19.2 Å². The molecule has 11 nitrogen and oxygen atoms in total. The van der Waals surface area contributed by atoms with Crippen molar-refractivity contribution in [3.63, 3.8) is 0 Å². The molecule has 3 heterocycles. The number of hydrogen-bond acceptors (Lipinski definition) is 10. The molecule has 0 N–H and O–H groups in total. The molecule has 3 aliphatic heterocycles. The molecule has 11 heteroatoms. The summed E-state index contributed by atoms with van der Waals surface area (Å²) in [5, 5.41) is 0. The Morgan fingerprint density at radius 2 is 1.10 bits per heavy atom. The smallest absolute Gasteiger partial charge is 0.306 e. The van der Waals surface area contributed by atoms with Crippen LogP contribution >= 0.6 is 0 Å². The van der Waals surface area contributed by atoms with Gasteiger partial charge in [0.2, 0.25) is 11.8 Å². The van der Waals surface area contributed by atoms with Crippen molar-refractivity contribution in [2.24, 2.45) is 11.8 Å². The molecule has 262 valence electrons. The standard InChI is InChI=1S/C40H37NO10/c1-46-28-18-14-25(15-19-28)40(24-10-6-4-7-11-24,26-16-20-29(47-2)21-17-26)51-37-35-33-32(38(44)41(39(33)45)27-12-8-5-9-13-27)34(50-35)36(37)49-31(43)23-22-30(42)48-3/h4-21,32-37H,22-23H2,1-3H3/t32?,33?,34-,35+,36-,37+/m0/s1. The van der Waals surface area contributed by atoms with E-state index < -0.39 is 65.6 Å². The molecule has 3 saturated heterocycles. The first kappa shape index (κ1) is 34.0. The molecule has 3 aliphatic rings. The highest BCUT2D eigenvalue weighted by Crippen LogP contribution is 2.54. The first-order chi connectivity index (χ1) is 24.8. The van der Waals surface area contributed by atoms with Crippen LogP contribution in [0.3, 0.4) is 0 Å². The number of ether oxygens (including phenoxy) is 6. The van der Waals surface area contributed by atoms with Crippen LogP contribution in [0.15, 0.2) is 109 Å². The van der Waals surface area contributed by atoms with Crippen LogP contribution in [0.25, 0.3) is 0 Å². The van der Waals surface area contributed by atoms with Crippen LogP contribution in [0.4, 0.5) is 5.69 Å². The predicted molar refractivity (Wildman–Crippen MR) is 183 cm³/mol. The van der Waals surface area contributed by atoms with E-state index >= 15 is 0 Å². The summed E-state index contributed by atoms with van der Waals surface area (Å²) in [6.07, 6.45) is -4.53. The van der Waals surface area contributed by atoms with Gasteiger partial charge in [-0.15, -0.1) is 0 Å². The number of hydrogen-bond donors (Lipinski definition) is 0. The number of methoxy groups -OCH3 is 3. The third-order valence-corrected chi connectivity index (χ3v) is 9.92. The third kappa shape index (κ3) is 5.92. The SMILES string of the molecule is COC(=O)CCC(=O)O[C@@H]1[C@H](OC(c2ccccc2)(c2ccc(OC)cc2)c2ccc(OC)cc2)[C@@H]2O[C@H]1C1C(=O)N(c3ccccc3)C(=O)C12. The summed E-state index contributed by atoms with van der Waals surface area (Å²) in [6.45, 7) is 0. The fourth-order valence-corrected chi connectivity index (χ4v) is 7.54. The number of esters is 2. The molecule has 6 atom stereocenters. The van der Waals surface area contributed by atoms with E-state index in [0.29, 0.717) is 17.2 Å². The van der Waals surface area contributed by atoms with E-state index in [0.717, 1.165) is 16.7 Å². The van der Waals surface area contributed by atoms with E-state index in [-0.39, 0.29) is 12.8 Å². The molecule has 0 radical (unpaired) electrons. The minimum absolute atomic E-state index is 0.195. The average Bonchev–Trinajstić information content (AvgIpc) is 3.81. The second-order valence-corrected chi connectivity index (χ2v) is 12.6. The number of anilines is 1. The highest BCUT2D eigenvalue weighted by atomic mass is 16.6. The second kappa shape index (κ2) is 14.0. The van der Waals surface area contributed by atoms with Gasteiger partial charge in [0.05, 0.1) is 51.7 Å². The lowest BCUT2D eigenvalue weighted by atomic mass is 9.76. The number of carbonyl (C=O) groups is 4. The number of fused-ring (bicyclic) bond motifs is 5. The number of nitrogens with zero attached hydrogens (tertiary/aromatic N) is 1. The summed E-state index contributed by atoms with van der Waals surface area (Å²) in [7, 11) is 4.41. The Morgan fingerprint density at radius 1 is 0.627 bits per heavy atom. The molecule has 0 aliphatic carbocycles. The van der Waals surface area contributed by atoms with Gasteiger partial charge >= 0.3 is 11.9 Å². The minimum Gasteiger partial charge on any atom is -0.497 e. The molecular formula is C40H37NO10. The summed E-state index contributed by atoms with van der Waals surface area (Å²) in [6, 6.07) is 33.2. The van der Waals surface area contributed by atoms with E-state index in [1.54, 1.807) is 44.6 Å². The van der Waals surface area contributed by atoms with Crippen LogP contribution in [0, 0.1) is 11.8 Å². The van der Waals surface area contributed by atoms with Crippen molar-refractivity contribution < 1.29 is 47.6 Å². The molecule has 4 aromatic carbocycles. The van der Waals surface area contributed by atoms with Gasteiger partial charge in [0.15, 0.2) is 6.10 Å². The van der Waals surface area contributed by atoms with Crippen LogP contribution in [0.2, 0.25) is 0 Å². The van der Waals surface area contributed by atoms with Crippen LogP contribution in [-0.2, 0) is 43.7 Å². The van der Waals surface area contributed by atoms with Gasteiger partial charge in [-0.1, -0.05) is 72.8 Å². The van der Waals surface area contributed by atoms with Crippen molar-refractivity contribution in [3.8, 4) is 11.5 Å². The maximum Gasteiger partial charge on any atom is 0.306 e. The number of imide groups is 1. The van der Waals surface area contributed by atoms with E-state index in [1.807, 2.05) is 78.9 Å². The number of rotatable bonds is 12. The number of benzene rings is 4. The van der Waals surface area contributed by atoms with Gasteiger partial charge in [-0.3, -0.25) is 19.2 Å². The number of carbonyl (C=O) groups excluding carboxylic acids is 4. The van der Waals surface area contributed by atoms with Gasteiger partial charge in [-0.25, -0.2) is 4.90 Å². The summed E-state index contributed by atoms with van der Waals surface area (Å²) in [4.78, 5) is 54.6. The van der Waals surface area contributed by atoms with E-state index in [2.05, 4.69) is 0 Å². The predicted octanol–water partition coefficient (Wildman–Crippen LogP) is 4.83. The molecule has 0 aromatic heterocycles. The van der Waals surface area contributed by atoms with E-state index in [1.165, 1.54) is 12.0 Å². The first-order valence-corrected chi connectivity index (χ1v) is 16.7. The zero-order valence-corrected chi connectivity index (χ0v) is 28.3. The lowest BCUT2D eigenvalue weighted by Crippen LogP contribution is -2.54. The van der Waals surface area contributed by atoms with Crippen LogP contribution in [0.1, 0.15) is 29.5 Å². The van der Waals surface area contributed by atoms with Gasteiger partial charge in [-0.2, -0.15) is 0 Å². The highest BCUT2D eigenvalue weighted by Gasteiger charge is 2.71. The fourth-order valence-electron chi connectivity index (χ4n) is 7.54. The molecule has 51 heavy (non-hydrogen) atoms. The molecule has 2 bridgehead atoms. The zero-order chi connectivity index (χ0) is 35.7. The van der Waals surface area contributed by atoms with Crippen molar-refractivity contribution in [2.45, 2.75) is 42.9 Å². The van der Waals surface area contributed by atoms with Crippen molar-refractivity contribution in [2.75, 3.05) is 26.2 Å². The number of amides is 2. The van der Waals surface area contributed by atoms with Crippen molar-refractivity contribution in [1.29, 1.82) is 0 Å². The fraction of sp³-hybridized carbons (Fsp3) is 0.300. The summed E-state index contributed by atoms with van der Waals surface area (Å²) in [5.74, 6) is -2.63. The Kier molecular flexibility index (Phi) is 9.33. The summed E-state index contributed by atoms with van der Waals surface area (Å²) in [5.41, 5.74) is 1.27. The van der Waals surface area contributed by atoms with Crippen LogP contribution in [0.5, 0.6) is 11.5 Å². The molecule has 4 aromatic rings. The third-order valence-electron chi connectivity index (χ3n) is 9.92. The van der Waals surface area contributed by atoms with Crippen molar-refractivity contribution in [3.05, 3.63) is 126 Å². The van der Waals surface area contributed by atoms with Gasteiger partial charge in [0, 0.05) is 0 Å². The zero-order valence-electron chi connectivity index (χ0n) is 28.3. The van der Waals surface area contributed by atoms with Crippen LogP contribution in [-0.4, -0.2) is 69.5 Å². The highest BCUT2D eigenvalue weighted by molar-refractivity contribution is 6.23. The Labute approximate surface area is 295 Å². The summed E-state index contributed by atoms with van der Waals surface area (Å²) < 4.78 is 35.6. The second-order valence-electron chi connectivity index (χ2n) is 12.6. The van der Waals surface area contributed by atoms with Crippen LogP contribution < -0.4 is 14.4 Å². The Balaban J connectivity index is 1.36. The normalized spacial score (nSPS) is 23.5.